The van der Waals surface area contributed by atoms with Crippen molar-refractivity contribution in [2.75, 3.05) is 33.5 Å². The summed E-state index contributed by atoms with van der Waals surface area (Å²) in [6, 6.07) is 13.9. The molecular weight excluding hydrogens is 621 g/mol. The predicted octanol–water partition coefficient (Wildman–Crippen LogP) is 5.65. The molecule has 5 rings (SSSR count). The third-order valence-electron chi connectivity index (χ3n) is 8.58. The molecule has 1 aliphatic heterocycles. The fraction of sp³-hybridized carbons (Fsp3) is 0.457. The zero-order valence-corrected chi connectivity index (χ0v) is 27.8. The van der Waals surface area contributed by atoms with Crippen molar-refractivity contribution in [3.8, 4) is 16.9 Å². The number of methoxy groups -OCH3 is 1. The van der Waals surface area contributed by atoms with E-state index in [4.69, 9.17) is 32.2 Å². The molecular formula is C35H45ClFN7O3. The van der Waals surface area contributed by atoms with Gasteiger partial charge >= 0.3 is 5.69 Å². The smallest absolute Gasteiger partial charge is 0.354 e. The minimum Gasteiger partial charge on any atom is -0.382 e. The Labute approximate surface area is 279 Å². The number of ether oxygens (including phenoxy) is 2. The number of nitrogens with one attached hydrogen (secondary N) is 4. The minimum absolute atomic E-state index is 0.0556. The number of aromatic nitrogens is 3. The molecule has 252 valence electrons. The summed E-state index contributed by atoms with van der Waals surface area (Å²) >= 11 is 6.27. The van der Waals surface area contributed by atoms with Gasteiger partial charge in [-0.2, -0.15) is 4.98 Å². The third-order valence-corrected chi connectivity index (χ3v) is 8.85. The fourth-order valence-corrected chi connectivity index (χ4v) is 6.32. The van der Waals surface area contributed by atoms with Crippen molar-refractivity contribution in [3.05, 3.63) is 81.1 Å². The van der Waals surface area contributed by atoms with Crippen LogP contribution in [0.4, 0.5) is 4.39 Å². The number of nitrogens with two attached hydrogens (primary N) is 1. The van der Waals surface area contributed by atoms with Gasteiger partial charge in [0.25, 0.3) is 0 Å². The second-order valence-electron chi connectivity index (χ2n) is 12.4. The van der Waals surface area contributed by atoms with E-state index in [0.717, 1.165) is 56.1 Å². The van der Waals surface area contributed by atoms with Crippen molar-refractivity contribution >= 4 is 28.5 Å². The zero-order valence-electron chi connectivity index (χ0n) is 27.1. The van der Waals surface area contributed by atoms with Gasteiger partial charge < -0.3 is 30.8 Å². The number of aryl methyl sites for hydroxylation is 1. The van der Waals surface area contributed by atoms with Crippen LogP contribution in [0.25, 0.3) is 28.0 Å². The van der Waals surface area contributed by atoms with E-state index < -0.39 is 11.5 Å². The lowest BCUT2D eigenvalue weighted by Crippen LogP contribution is -2.40. The topological polar surface area (TPSA) is 143 Å². The molecule has 12 heteroatoms. The highest BCUT2D eigenvalue weighted by atomic mass is 35.5. The van der Waals surface area contributed by atoms with Crippen LogP contribution in [-0.2, 0) is 15.9 Å². The number of nitrogens with zero attached hydrogens (tertiary/aromatic N) is 2. The van der Waals surface area contributed by atoms with Crippen LogP contribution < -0.4 is 22.1 Å². The van der Waals surface area contributed by atoms with Crippen molar-refractivity contribution in [1.82, 2.24) is 25.2 Å². The minimum atomic E-state index is -0.516. The van der Waals surface area contributed by atoms with Crippen molar-refractivity contribution < 1.29 is 13.9 Å². The second-order valence-corrected chi connectivity index (χ2v) is 12.8. The van der Waals surface area contributed by atoms with E-state index in [-0.39, 0.29) is 23.7 Å². The molecule has 0 amide bonds. The maximum atomic E-state index is 15.2. The Bertz CT molecular complexity index is 1710. The van der Waals surface area contributed by atoms with Gasteiger partial charge in [0.1, 0.15) is 18.1 Å². The number of hydrogen-bond acceptors (Lipinski definition) is 7. The molecule has 0 unspecified atom stereocenters. The van der Waals surface area contributed by atoms with Crippen LogP contribution in [-0.4, -0.2) is 65.9 Å². The van der Waals surface area contributed by atoms with E-state index >= 15 is 4.39 Å². The SMILES string of the molecule is COCCOCC(=N)NCC[C@@H]1CCC[C@@H](c2ccc(-n3cc4cc(-c5cc(CCC[C@H](C)N)cc(Cl)c5F)[nH]c4nc3=O)cc2)N1. The summed E-state index contributed by atoms with van der Waals surface area (Å²) in [5.74, 6) is -0.144. The summed E-state index contributed by atoms with van der Waals surface area (Å²) in [6.07, 6.45) is 8.33. The molecule has 2 aromatic carbocycles. The molecule has 1 fully saturated rings. The van der Waals surface area contributed by atoms with Crippen LogP contribution in [0.5, 0.6) is 0 Å². The number of amidine groups is 1. The Balaban J connectivity index is 1.24. The number of benzene rings is 2. The van der Waals surface area contributed by atoms with Gasteiger partial charge in [0.15, 0.2) is 5.82 Å². The fourth-order valence-electron chi connectivity index (χ4n) is 6.08. The number of H-pyrrole nitrogens is 1. The van der Waals surface area contributed by atoms with Crippen molar-refractivity contribution in [3.63, 3.8) is 0 Å². The number of rotatable bonds is 15. The molecule has 0 spiro atoms. The lowest BCUT2D eigenvalue weighted by Gasteiger charge is -2.31. The average Bonchev–Trinajstić information content (AvgIpc) is 3.47. The largest absolute Gasteiger partial charge is 0.382 e. The number of halogens is 2. The number of aromatic amines is 1. The third kappa shape index (κ3) is 9.27. The standard InChI is InChI=1S/C35H45ClFN7O3/c1-22(38)5-3-6-23-17-28(33(37)29(36)18-23)31-19-25-20-44(35(45)43-34(25)42-31)27-11-9-24(10-12-27)30-8-4-7-26(41-30)13-14-40-32(39)21-47-16-15-46-2/h9-12,17-20,22,26,30,41H,3-8,13-16,21,38H2,1-2H3,(H2,39,40)(H,42,43,45)/t22-,26-,30-/m0/s1. The quantitative estimate of drug-likeness (QED) is 0.0628. The summed E-state index contributed by atoms with van der Waals surface area (Å²) in [7, 11) is 1.62. The van der Waals surface area contributed by atoms with Gasteiger partial charge in [-0.1, -0.05) is 30.2 Å². The van der Waals surface area contributed by atoms with Gasteiger partial charge in [-0.15, -0.1) is 0 Å². The molecule has 4 aromatic rings. The summed E-state index contributed by atoms with van der Waals surface area (Å²) < 4.78 is 27.0. The average molecular weight is 666 g/mol. The zero-order chi connectivity index (χ0) is 33.3. The van der Waals surface area contributed by atoms with E-state index in [1.54, 1.807) is 31.5 Å². The molecule has 0 bridgehead atoms. The molecule has 1 aliphatic rings. The van der Waals surface area contributed by atoms with Gasteiger partial charge in [-0.25, -0.2) is 9.18 Å². The lowest BCUT2D eigenvalue weighted by atomic mass is 9.92. The Kier molecular flexibility index (Phi) is 12.2. The summed E-state index contributed by atoms with van der Waals surface area (Å²) in [5.41, 5.74) is 9.47. The first-order chi connectivity index (χ1) is 22.7. The number of piperidine rings is 1. The van der Waals surface area contributed by atoms with Crippen LogP contribution in [0.2, 0.25) is 5.02 Å². The van der Waals surface area contributed by atoms with Gasteiger partial charge in [0.05, 0.1) is 29.6 Å². The highest BCUT2D eigenvalue weighted by Crippen LogP contribution is 2.32. The van der Waals surface area contributed by atoms with Crippen LogP contribution in [0, 0.1) is 11.2 Å². The Morgan fingerprint density at radius 1 is 1.23 bits per heavy atom. The second kappa shape index (κ2) is 16.5. The van der Waals surface area contributed by atoms with Crippen molar-refractivity contribution in [2.24, 2.45) is 5.73 Å². The van der Waals surface area contributed by atoms with Crippen LogP contribution >= 0.6 is 11.6 Å². The maximum absolute atomic E-state index is 15.2. The summed E-state index contributed by atoms with van der Waals surface area (Å²) in [6.45, 7) is 3.91. The molecule has 0 saturated carbocycles. The normalized spacial score (nSPS) is 17.2. The number of hydrogen-bond donors (Lipinski definition) is 5. The first-order valence-electron chi connectivity index (χ1n) is 16.3. The predicted molar refractivity (Wildman–Crippen MR) is 185 cm³/mol. The molecule has 47 heavy (non-hydrogen) atoms. The van der Waals surface area contributed by atoms with Crippen LogP contribution in [0.1, 0.15) is 62.6 Å². The molecule has 2 aromatic heterocycles. The molecule has 0 radical (unpaired) electrons. The van der Waals surface area contributed by atoms with Crippen molar-refractivity contribution in [1.29, 1.82) is 5.41 Å². The maximum Gasteiger partial charge on any atom is 0.354 e. The molecule has 10 nitrogen and oxygen atoms in total. The lowest BCUT2D eigenvalue weighted by molar-refractivity contribution is 0.0890. The van der Waals surface area contributed by atoms with Crippen LogP contribution in [0.3, 0.4) is 0 Å². The Hall–Kier alpha value is -3.61. The highest BCUT2D eigenvalue weighted by Gasteiger charge is 2.22. The van der Waals surface area contributed by atoms with E-state index in [1.165, 1.54) is 4.57 Å². The molecule has 3 heterocycles. The first-order valence-corrected chi connectivity index (χ1v) is 16.7. The van der Waals surface area contributed by atoms with Gasteiger partial charge in [-0.05, 0) is 86.9 Å². The molecule has 1 saturated heterocycles. The van der Waals surface area contributed by atoms with E-state index in [2.05, 4.69) is 20.6 Å². The highest BCUT2D eigenvalue weighted by molar-refractivity contribution is 6.31. The number of fused-ring (bicyclic) bond motifs is 1. The Morgan fingerprint density at radius 3 is 2.81 bits per heavy atom. The van der Waals surface area contributed by atoms with E-state index in [0.29, 0.717) is 59.6 Å². The molecule has 0 aliphatic carbocycles. The summed E-state index contributed by atoms with van der Waals surface area (Å²) in [5, 5.41) is 15.6. The van der Waals surface area contributed by atoms with Gasteiger partial charge in [0, 0.05) is 48.9 Å². The van der Waals surface area contributed by atoms with E-state index in [9.17, 15) is 4.79 Å². The van der Waals surface area contributed by atoms with Gasteiger partial charge in [-0.3, -0.25) is 9.98 Å². The monoisotopic (exact) mass is 665 g/mol. The Morgan fingerprint density at radius 2 is 2.04 bits per heavy atom. The van der Waals surface area contributed by atoms with Crippen LogP contribution in [0.15, 0.2) is 53.5 Å². The first kappa shape index (κ1) is 34.7. The molecule has 3 atom stereocenters. The summed E-state index contributed by atoms with van der Waals surface area (Å²) in [4.78, 5) is 20.5. The van der Waals surface area contributed by atoms with Gasteiger partial charge in [0.2, 0.25) is 0 Å². The van der Waals surface area contributed by atoms with Crippen molar-refractivity contribution in [2.45, 2.75) is 70.0 Å². The molecule has 6 N–H and O–H groups in total. The van der Waals surface area contributed by atoms with E-state index in [1.807, 2.05) is 31.2 Å².